The second-order valence-electron chi connectivity index (χ2n) is 6.17. The van der Waals surface area contributed by atoms with Crippen molar-refractivity contribution in [3.8, 4) is 0 Å². The molecular formula is C19H14ClF4N3O5S. The average Bonchev–Trinajstić information content (AvgIpc) is 3.19. The average molecular weight is 508 g/mol. The minimum absolute atomic E-state index is 0.197. The number of nitrogens with zero attached hydrogens (tertiary/aromatic N) is 2. The normalized spacial score (nSPS) is 11.3. The summed E-state index contributed by atoms with van der Waals surface area (Å²) < 4.78 is 71.3. The van der Waals surface area contributed by atoms with Crippen LogP contribution in [0.2, 0.25) is 5.02 Å². The van der Waals surface area contributed by atoms with Crippen LogP contribution < -0.4 is 5.32 Å². The molecule has 1 aromatic carbocycles. The first-order valence-corrected chi connectivity index (χ1v) is 10.7. The number of carbonyl (C=O) groups is 2. The summed E-state index contributed by atoms with van der Waals surface area (Å²) in [7, 11) is -3.73. The Morgan fingerprint density at radius 2 is 1.76 bits per heavy atom. The third-order valence-corrected chi connectivity index (χ3v) is 5.67. The van der Waals surface area contributed by atoms with Crippen LogP contribution in [0.15, 0.2) is 61.1 Å². The van der Waals surface area contributed by atoms with Gasteiger partial charge < -0.3 is 10.4 Å². The van der Waals surface area contributed by atoms with E-state index in [0.717, 1.165) is 10.0 Å². The van der Waals surface area contributed by atoms with Crippen molar-refractivity contribution in [3.05, 3.63) is 83.2 Å². The van der Waals surface area contributed by atoms with E-state index in [9.17, 15) is 30.8 Å². The number of pyridine rings is 1. The third kappa shape index (κ3) is 7.29. The van der Waals surface area contributed by atoms with Gasteiger partial charge in [0.2, 0.25) is 10.0 Å². The summed E-state index contributed by atoms with van der Waals surface area (Å²) in [5.74, 6) is -4.60. The molecule has 176 valence electrons. The van der Waals surface area contributed by atoms with E-state index >= 15 is 0 Å². The van der Waals surface area contributed by atoms with Crippen LogP contribution in [0.1, 0.15) is 16.1 Å². The van der Waals surface area contributed by atoms with E-state index in [1.807, 2.05) is 0 Å². The first-order valence-electron chi connectivity index (χ1n) is 8.68. The molecule has 0 saturated heterocycles. The summed E-state index contributed by atoms with van der Waals surface area (Å²) in [6.07, 6.45) is -1.28. The molecule has 14 heteroatoms. The van der Waals surface area contributed by atoms with Crippen molar-refractivity contribution in [1.29, 1.82) is 0 Å². The molecule has 0 aliphatic heterocycles. The number of rotatable bonds is 5. The fourth-order valence-corrected chi connectivity index (χ4v) is 3.85. The monoisotopic (exact) mass is 507 g/mol. The molecule has 0 bridgehead atoms. The number of carboxylic acid groups (broad SMARTS) is 1. The van der Waals surface area contributed by atoms with Crippen molar-refractivity contribution in [1.82, 2.24) is 8.96 Å². The molecule has 2 heterocycles. The Hall–Kier alpha value is -3.45. The highest BCUT2D eigenvalue weighted by molar-refractivity contribution is 7.89. The van der Waals surface area contributed by atoms with Gasteiger partial charge in [0.1, 0.15) is 0 Å². The summed E-state index contributed by atoms with van der Waals surface area (Å²) in [5.41, 5.74) is 0.283. The number of amides is 1. The van der Waals surface area contributed by atoms with Gasteiger partial charge in [-0.15, -0.1) is 0 Å². The van der Waals surface area contributed by atoms with Gasteiger partial charge in [0.05, 0.1) is 11.4 Å². The first kappa shape index (κ1) is 25.8. The quantitative estimate of drug-likeness (QED) is 0.505. The van der Waals surface area contributed by atoms with Gasteiger partial charge >= 0.3 is 12.1 Å². The number of hydrogen-bond donors (Lipinski definition) is 2. The number of aliphatic carboxylic acids is 1. The van der Waals surface area contributed by atoms with Gasteiger partial charge in [-0.3, -0.25) is 8.77 Å². The van der Waals surface area contributed by atoms with Gasteiger partial charge in [-0.1, -0.05) is 29.8 Å². The molecular weight excluding hydrogens is 494 g/mol. The number of aromatic nitrogens is 2. The molecule has 0 aliphatic rings. The minimum Gasteiger partial charge on any atom is -0.475 e. The van der Waals surface area contributed by atoms with E-state index < -0.39 is 33.9 Å². The molecule has 2 aromatic heterocycles. The van der Waals surface area contributed by atoms with Gasteiger partial charge in [-0.25, -0.2) is 22.6 Å². The molecule has 0 saturated carbocycles. The lowest BCUT2D eigenvalue weighted by molar-refractivity contribution is -0.192. The summed E-state index contributed by atoms with van der Waals surface area (Å²) in [6.45, 7) is 0. The molecule has 8 nitrogen and oxygen atoms in total. The summed E-state index contributed by atoms with van der Waals surface area (Å²) in [6, 6.07) is 10.5. The number of carbonyl (C=O) groups excluding carboxylic acids is 1. The number of carboxylic acids is 1. The minimum atomic E-state index is -5.08. The highest BCUT2D eigenvalue weighted by Crippen LogP contribution is 2.20. The zero-order chi connectivity index (χ0) is 24.8. The van der Waals surface area contributed by atoms with Crippen LogP contribution in [-0.2, 0) is 20.6 Å². The zero-order valence-electron chi connectivity index (χ0n) is 16.3. The Labute approximate surface area is 189 Å². The lowest BCUT2D eigenvalue weighted by atomic mass is 10.2. The summed E-state index contributed by atoms with van der Waals surface area (Å²) in [5, 5.41) is 9.89. The lowest BCUT2D eigenvalue weighted by Crippen LogP contribution is -2.21. The molecule has 3 rings (SSSR count). The number of anilines is 1. The largest absolute Gasteiger partial charge is 0.490 e. The number of hydrogen-bond acceptors (Lipinski definition) is 5. The Balaban J connectivity index is 0.000000479. The fourth-order valence-electron chi connectivity index (χ4n) is 2.25. The highest BCUT2D eigenvalue weighted by atomic mass is 35.5. The third-order valence-electron chi connectivity index (χ3n) is 3.76. The summed E-state index contributed by atoms with van der Waals surface area (Å²) in [4.78, 5) is 24.6. The highest BCUT2D eigenvalue weighted by Gasteiger charge is 2.38. The van der Waals surface area contributed by atoms with Crippen LogP contribution >= 0.6 is 11.6 Å². The second kappa shape index (κ2) is 10.4. The van der Waals surface area contributed by atoms with Crippen molar-refractivity contribution in [2.75, 3.05) is 5.32 Å². The summed E-state index contributed by atoms with van der Waals surface area (Å²) >= 11 is 6.00. The maximum atomic E-state index is 13.6. The Bertz CT molecular complexity index is 1260. The molecule has 0 fully saturated rings. The number of halogens is 5. The Morgan fingerprint density at radius 3 is 2.33 bits per heavy atom. The van der Waals surface area contributed by atoms with E-state index in [0.29, 0.717) is 10.6 Å². The number of benzene rings is 1. The van der Waals surface area contributed by atoms with Gasteiger partial charge in [0.15, 0.2) is 11.5 Å². The molecule has 33 heavy (non-hydrogen) atoms. The predicted molar refractivity (Wildman–Crippen MR) is 110 cm³/mol. The maximum Gasteiger partial charge on any atom is 0.490 e. The van der Waals surface area contributed by atoms with Gasteiger partial charge in [0, 0.05) is 23.6 Å². The van der Waals surface area contributed by atoms with Gasteiger partial charge in [-0.2, -0.15) is 13.2 Å². The lowest BCUT2D eigenvalue weighted by Gasteiger charge is -2.07. The van der Waals surface area contributed by atoms with Crippen LogP contribution in [0.5, 0.6) is 0 Å². The van der Waals surface area contributed by atoms with Crippen LogP contribution in [0.4, 0.5) is 23.2 Å². The Kier molecular flexibility index (Phi) is 8.17. The standard InChI is InChI=1S/C17H13ClFN3O3S.C2HF3O2/c18-14-5-2-1-4-12(14)11-26(24,25)22-9-7-13(10-22)21-17(23)16-15(19)6-3-8-20-16;3-2(4,5)1(6)7/h1-10H,11H2,(H,21,23);(H,6,7). The molecule has 0 spiro atoms. The maximum absolute atomic E-state index is 13.6. The topological polar surface area (TPSA) is 118 Å². The predicted octanol–water partition coefficient (Wildman–Crippen LogP) is 3.94. The molecule has 0 unspecified atom stereocenters. The molecule has 0 radical (unpaired) electrons. The second-order valence-corrected chi connectivity index (χ2v) is 8.45. The van der Waals surface area contributed by atoms with Crippen molar-refractivity contribution in [2.45, 2.75) is 11.9 Å². The van der Waals surface area contributed by atoms with Crippen LogP contribution in [0.3, 0.4) is 0 Å². The molecule has 2 N–H and O–H groups in total. The molecule has 3 aromatic rings. The van der Waals surface area contributed by atoms with Crippen molar-refractivity contribution < 1.29 is 40.7 Å². The zero-order valence-corrected chi connectivity index (χ0v) is 17.8. The smallest absolute Gasteiger partial charge is 0.475 e. The molecule has 0 atom stereocenters. The SMILES string of the molecule is O=C(Nc1ccn(S(=O)(=O)Cc2ccccc2Cl)c1)c1ncccc1F.O=C(O)C(F)(F)F. The molecule has 1 amide bonds. The number of nitrogens with one attached hydrogen (secondary N) is 1. The van der Waals surface area contributed by atoms with E-state index in [-0.39, 0.29) is 17.1 Å². The van der Waals surface area contributed by atoms with Crippen LogP contribution in [0.25, 0.3) is 0 Å². The van der Waals surface area contributed by atoms with Crippen molar-refractivity contribution in [3.63, 3.8) is 0 Å². The van der Waals surface area contributed by atoms with Gasteiger partial charge in [-0.05, 0) is 29.8 Å². The van der Waals surface area contributed by atoms with E-state index in [1.54, 1.807) is 24.3 Å². The fraction of sp³-hybridized carbons (Fsp3) is 0.105. The van der Waals surface area contributed by atoms with E-state index in [4.69, 9.17) is 21.5 Å². The Morgan fingerprint density at radius 1 is 1.12 bits per heavy atom. The van der Waals surface area contributed by atoms with Crippen LogP contribution in [0, 0.1) is 5.82 Å². The first-order chi connectivity index (χ1) is 15.3. The number of alkyl halides is 3. The molecule has 0 aliphatic carbocycles. The van der Waals surface area contributed by atoms with E-state index in [2.05, 4.69) is 10.3 Å². The van der Waals surface area contributed by atoms with Crippen molar-refractivity contribution >= 4 is 39.2 Å². The van der Waals surface area contributed by atoms with Crippen molar-refractivity contribution in [2.24, 2.45) is 0 Å². The van der Waals surface area contributed by atoms with Gasteiger partial charge in [0.25, 0.3) is 5.91 Å². The van der Waals surface area contributed by atoms with E-state index in [1.165, 1.54) is 30.7 Å². The van der Waals surface area contributed by atoms with Crippen LogP contribution in [-0.4, -0.2) is 40.5 Å².